The second-order valence-corrected chi connectivity index (χ2v) is 3.03. The largest absolute Gasteiger partial charge is 0.465 e. The molecule has 0 aliphatic heterocycles. The van der Waals surface area contributed by atoms with E-state index in [1.54, 1.807) is 19.3 Å². The van der Waals surface area contributed by atoms with Gasteiger partial charge in [0.25, 0.3) is 0 Å². The Balaban J connectivity index is 4.03. The number of rotatable bonds is 3. The predicted octanol–water partition coefficient (Wildman–Crippen LogP) is 0.236. The molecule has 5 N–H and O–H groups in total. The van der Waals surface area contributed by atoms with E-state index >= 15 is 0 Å². The lowest BCUT2D eigenvalue weighted by Crippen LogP contribution is -2.43. The first kappa shape index (κ1) is 10.7. The summed E-state index contributed by atoms with van der Waals surface area (Å²) in [7, 11) is 0. The summed E-state index contributed by atoms with van der Waals surface area (Å²) in [4.78, 5) is 10.1. The van der Waals surface area contributed by atoms with E-state index in [9.17, 15) is 4.79 Å². The Morgan fingerprint density at radius 2 is 2.08 bits per heavy atom. The fourth-order valence-electron chi connectivity index (χ4n) is 0.536. The summed E-state index contributed by atoms with van der Waals surface area (Å²) in [5, 5.41) is 26.0. The third-order valence-electron chi connectivity index (χ3n) is 1.47. The van der Waals surface area contributed by atoms with E-state index in [0.717, 1.165) is 0 Å². The van der Waals surface area contributed by atoms with E-state index < -0.39 is 11.5 Å². The van der Waals surface area contributed by atoms with Crippen molar-refractivity contribution in [3.8, 4) is 0 Å². The summed E-state index contributed by atoms with van der Waals surface area (Å²) in [6.07, 6.45) is -1.14. The first-order valence-electron chi connectivity index (χ1n) is 3.36. The number of hydroxylamine groups is 1. The van der Waals surface area contributed by atoms with Crippen LogP contribution in [-0.4, -0.2) is 28.8 Å². The van der Waals surface area contributed by atoms with Gasteiger partial charge in [-0.05, 0) is 0 Å². The lowest BCUT2D eigenvalue weighted by Gasteiger charge is -2.23. The van der Waals surface area contributed by atoms with Gasteiger partial charge in [0.1, 0.15) is 5.84 Å². The molecule has 70 valence electrons. The van der Waals surface area contributed by atoms with Gasteiger partial charge < -0.3 is 10.4 Å². The van der Waals surface area contributed by atoms with Crippen LogP contribution in [0.2, 0.25) is 0 Å². The van der Waals surface area contributed by atoms with Crippen LogP contribution in [0.3, 0.4) is 0 Å². The molecule has 6 nitrogen and oxygen atoms in total. The number of hydrogen-bond donors (Lipinski definition) is 5. The lowest BCUT2D eigenvalue weighted by molar-refractivity contribution is 0.188. The smallest absolute Gasteiger partial charge is 0.404 e. The molecule has 0 spiro atoms. The van der Waals surface area contributed by atoms with E-state index in [2.05, 4.69) is 5.32 Å². The van der Waals surface area contributed by atoms with Crippen LogP contribution in [-0.2, 0) is 0 Å². The van der Waals surface area contributed by atoms with Gasteiger partial charge >= 0.3 is 6.09 Å². The van der Waals surface area contributed by atoms with Crippen molar-refractivity contribution in [1.29, 1.82) is 5.41 Å². The molecule has 12 heavy (non-hydrogen) atoms. The maximum atomic E-state index is 10.1. The highest BCUT2D eigenvalue weighted by molar-refractivity contribution is 5.84. The van der Waals surface area contributed by atoms with Crippen LogP contribution in [0.4, 0.5) is 4.79 Å². The predicted molar refractivity (Wildman–Crippen MR) is 42.5 cm³/mol. The van der Waals surface area contributed by atoms with Gasteiger partial charge in [-0.2, -0.15) is 0 Å². The zero-order valence-corrected chi connectivity index (χ0v) is 7.01. The maximum absolute atomic E-state index is 10.1. The van der Waals surface area contributed by atoms with E-state index in [1.165, 1.54) is 0 Å². The number of amidine groups is 1. The van der Waals surface area contributed by atoms with Gasteiger partial charge in [0.05, 0.1) is 0 Å². The Morgan fingerprint density at radius 1 is 1.58 bits per heavy atom. The van der Waals surface area contributed by atoms with Crippen LogP contribution < -0.4 is 10.8 Å². The van der Waals surface area contributed by atoms with Crippen LogP contribution in [0.1, 0.15) is 13.8 Å². The molecule has 0 saturated heterocycles. The second-order valence-electron chi connectivity index (χ2n) is 3.03. The molecule has 0 saturated carbocycles. The molecule has 0 rings (SSSR count). The van der Waals surface area contributed by atoms with Crippen molar-refractivity contribution >= 4 is 11.9 Å². The van der Waals surface area contributed by atoms with Gasteiger partial charge in [0.15, 0.2) is 0 Å². The van der Waals surface area contributed by atoms with E-state index in [-0.39, 0.29) is 12.4 Å². The fourth-order valence-corrected chi connectivity index (χ4v) is 0.536. The van der Waals surface area contributed by atoms with Gasteiger partial charge in [0, 0.05) is 12.0 Å². The summed E-state index contributed by atoms with van der Waals surface area (Å²) in [6, 6.07) is 0. The molecule has 1 amide bonds. The monoisotopic (exact) mass is 175 g/mol. The van der Waals surface area contributed by atoms with Gasteiger partial charge in [-0.25, -0.2) is 4.79 Å². The minimum atomic E-state index is -1.14. The van der Waals surface area contributed by atoms with E-state index in [1.807, 2.05) is 0 Å². The number of amides is 1. The van der Waals surface area contributed by atoms with Gasteiger partial charge in [-0.1, -0.05) is 13.8 Å². The molecule has 0 heterocycles. The van der Waals surface area contributed by atoms with Crippen molar-refractivity contribution in [2.45, 2.75) is 13.8 Å². The SMILES string of the molecule is CC(C)(CNC(=O)O)C(=N)NO. The van der Waals surface area contributed by atoms with Crippen molar-refractivity contribution < 1.29 is 15.1 Å². The molecule has 0 atom stereocenters. The molecular weight excluding hydrogens is 162 g/mol. The van der Waals surface area contributed by atoms with E-state index in [4.69, 9.17) is 15.7 Å². The molecule has 0 bridgehead atoms. The number of carboxylic acid groups (broad SMARTS) is 1. The molecule has 0 aromatic heterocycles. The highest BCUT2D eigenvalue weighted by Gasteiger charge is 2.24. The molecule has 6 heteroatoms. The third kappa shape index (κ3) is 3.20. The minimum Gasteiger partial charge on any atom is -0.465 e. The van der Waals surface area contributed by atoms with Crippen molar-refractivity contribution in [3.05, 3.63) is 0 Å². The Labute approximate surface area is 70.1 Å². The zero-order valence-electron chi connectivity index (χ0n) is 7.01. The summed E-state index contributed by atoms with van der Waals surface area (Å²) in [5.74, 6) is -0.128. The van der Waals surface area contributed by atoms with Crippen molar-refractivity contribution in [2.24, 2.45) is 5.41 Å². The van der Waals surface area contributed by atoms with Crippen LogP contribution in [0.5, 0.6) is 0 Å². The molecule has 0 fully saturated rings. The minimum absolute atomic E-state index is 0.0781. The fraction of sp³-hybridized carbons (Fsp3) is 0.667. The normalized spacial score (nSPS) is 10.6. The van der Waals surface area contributed by atoms with Crippen LogP contribution in [0.25, 0.3) is 0 Å². The highest BCUT2D eigenvalue weighted by atomic mass is 16.5. The topological polar surface area (TPSA) is 105 Å². The lowest BCUT2D eigenvalue weighted by atomic mass is 9.92. The average Bonchev–Trinajstić information content (AvgIpc) is 1.99. The van der Waals surface area contributed by atoms with Crippen LogP contribution >= 0.6 is 0 Å². The zero-order chi connectivity index (χ0) is 9.78. The quantitative estimate of drug-likeness (QED) is 0.240. The summed E-state index contributed by atoms with van der Waals surface area (Å²) >= 11 is 0. The van der Waals surface area contributed by atoms with Crippen molar-refractivity contribution in [2.75, 3.05) is 6.54 Å². The molecule has 0 aromatic rings. The van der Waals surface area contributed by atoms with Crippen LogP contribution in [0.15, 0.2) is 0 Å². The number of nitrogens with one attached hydrogen (secondary N) is 3. The Morgan fingerprint density at radius 3 is 2.42 bits per heavy atom. The molecule has 0 radical (unpaired) electrons. The maximum Gasteiger partial charge on any atom is 0.404 e. The molecular formula is C6H13N3O3. The summed E-state index contributed by atoms with van der Waals surface area (Å²) < 4.78 is 0. The summed E-state index contributed by atoms with van der Waals surface area (Å²) in [6.45, 7) is 3.34. The van der Waals surface area contributed by atoms with Gasteiger partial charge in [-0.15, -0.1) is 0 Å². The molecule has 0 aromatic carbocycles. The standard InChI is InChI=1S/C6H13N3O3/c1-6(2,4(7)9-12)3-8-5(10)11/h8,12H,3H2,1-2H3,(H2,7,9)(H,10,11). The van der Waals surface area contributed by atoms with Gasteiger partial charge in [0.2, 0.25) is 0 Å². The molecule has 0 unspecified atom stereocenters. The van der Waals surface area contributed by atoms with E-state index in [0.29, 0.717) is 0 Å². The van der Waals surface area contributed by atoms with Gasteiger partial charge in [-0.3, -0.25) is 16.1 Å². The first-order chi connectivity index (χ1) is 5.40. The number of hydrogen-bond acceptors (Lipinski definition) is 3. The average molecular weight is 175 g/mol. The Bertz CT molecular complexity index is 190. The summed E-state index contributed by atoms with van der Waals surface area (Å²) in [5.41, 5.74) is 0.950. The van der Waals surface area contributed by atoms with Crippen molar-refractivity contribution in [1.82, 2.24) is 10.8 Å². The third-order valence-corrected chi connectivity index (χ3v) is 1.47. The number of carbonyl (C=O) groups is 1. The second kappa shape index (κ2) is 3.91. The Kier molecular flexibility index (Phi) is 3.49. The Hall–Kier alpha value is -1.30. The van der Waals surface area contributed by atoms with Crippen molar-refractivity contribution in [3.63, 3.8) is 0 Å². The first-order valence-corrected chi connectivity index (χ1v) is 3.36. The molecule has 0 aliphatic carbocycles. The van der Waals surface area contributed by atoms with Crippen LogP contribution in [0, 0.1) is 10.8 Å². The highest BCUT2D eigenvalue weighted by Crippen LogP contribution is 2.12. The molecule has 0 aliphatic rings.